The van der Waals surface area contributed by atoms with E-state index in [-0.39, 0.29) is 42.5 Å². The Balaban J connectivity index is 1.57. The molecule has 1 N–H and O–H groups in total. The number of rotatable bonds is 4. The number of likely N-dealkylation sites (tertiary alicyclic amines) is 1. The molecule has 1 atom stereocenters. The van der Waals surface area contributed by atoms with Crippen molar-refractivity contribution in [3.63, 3.8) is 0 Å². The normalized spacial score (nSPS) is 20.5. The number of hydrogen-bond acceptors (Lipinski definition) is 4. The van der Waals surface area contributed by atoms with Crippen LogP contribution >= 0.6 is 0 Å². The summed E-state index contributed by atoms with van der Waals surface area (Å²) in [5, 5.41) is 2.95. The minimum atomic E-state index is -0.363. The van der Waals surface area contributed by atoms with Gasteiger partial charge in [-0.3, -0.25) is 14.4 Å². The fourth-order valence-corrected chi connectivity index (χ4v) is 3.65. The number of methoxy groups -OCH3 is 1. The largest absolute Gasteiger partial charge is 0.469 e. The lowest BCUT2D eigenvalue weighted by Crippen LogP contribution is -2.40. The molecule has 2 aliphatic heterocycles. The number of carbonyl (C=O) groups excluding carboxylic acids is 3. The van der Waals surface area contributed by atoms with Gasteiger partial charge in [-0.25, -0.2) is 0 Å². The second kappa shape index (κ2) is 7.03. The molecule has 2 aliphatic rings. The zero-order valence-electron chi connectivity index (χ0n) is 13.8. The van der Waals surface area contributed by atoms with Gasteiger partial charge in [0.25, 0.3) is 0 Å². The molecular formula is C18H22N2O4. The number of fused-ring (bicyclic) bond motifs is 1. The Kier molecular flexibility index (Phi) is 4.83. The van der Waals surface area contributed by atoms with Crippen molar-refractivity contribution in [2.45, 2.75) is 31.6 Å². The van der Waals surface area contributed by atoms with Crippen molar-refractivity contribution in [2.75, 3.05) is 25.5 Å². The topological polar surface area (TPSA) is 75.7 Å². The maximum Gasteiger partial charge on any atom is 0.306 e. The van der Waals surface area contributed by atoms with Crippen LogP contribution in [0.3, 0.4) is 0 Å². The molecule has 1 aromatic rings. The van der Waals surface area contributed by atoms with Gasteiger partial charge in [-0.15, -0.1) is 0 Å². The van der Waals surface area contributed by atoms with E-state index in [2.05, 4.69) is 10.1 Å². The third kappa shape index (κ3) is 3.27. The summed E-state index contributed by atoms with van der Waals surface area (Å²) in [6.45, 7) is 1.27. The van der Waals surface area contributed by atoms with E-state index in [1.54, 1.807) is 4.90 Å². The highest BCUT2D eigenvalue weighted by Crippen LogP contribution is 2.41. The highest BCUT2D eigenvalue weighted by atomic mass is 16.5. The Labute approximate surface area is 141 Å². The highest BCUT2D eigenvalue weighted by molar-refractivity contribution is 6.03. The van der Waals surface area contributed by atoms with Crippen LogP contribution in [0.25, 0.3) is 0 Å². The van der Waals surface area contributed by atoms with Crippen molar-refractivity contribution < 1.29 is 19.1 Å². The van der Waals surface area contributed by atoms with Crippen LogP contribution in [0.1, 0.15) is 37.2 Å². The van der Waals surface area contributed by atoms with Crippen molar-refractivity contribution in [3.8, 4) is 0 Å². The van der Waals surface area contributed by atoms with E-state index < -0.39 is 0 Å². The van der Waals surface area contributed by atoms with Crippen LogP contribution in [0.2, 0.25) is 0 Å². The first-order valence-corrected chi connectivity index (χ1v) is 8.34. The van der Waals surface area contributed by atoms with Gasteiger partial charge in [0.1, 0.15) is 0 Å². The minimum Gasteiger partial charge on any atom is -0.469 e. The Morgan fingerprint density at radius 3 is 2.62 bits per heavy atom. The van der Waals surface area contributed by atoms with E-state index in [1.165, 1.54) is 7.11 Å². The summed E-state index contributed by atoms with van der Waals surface area (Å²) in [6, 6.07) is 7.81. The van der Waals surface area contributed by atoms with Gasteiger partial charge in [0.05, 0.1) is 19.4 Å². The fourth-order valence-electron chi connectivity index (χ4n) is 3.65. The second-order valence-corrected chi connectivity index (χ2v) is 6.35. The first kappa shape index (κ1) is 16.5. The van der Waals surface area contributed by atoms with E-state index in [4.69, 9.17) is 0 Å². The number of nitrogens with zero attached hydrogens (tertiary/aromatic N) is 1. The van der Waals surface area contributed by atoms with Gasteiger partial charge in [0.15, 0.2) is 0 Å². The van der Waals surface area contributed by atoms with E-state index >= 15 is 0 Å². The number of carbonyl (C=O) groups is 3. The first-order chi connectivity index (χ1) is 11.6. The smallest absolute Gasteiger partial charge is 0.306 e. The summed E-state index contributed by atoms with van der Waals surface area (Å²) in [6.07, 6.45) is 1.91. The van der Waals surface area contributed by atoms with Gasteiger partial charge in [-0.05, 0) is 30.4 Å². The van der Waals surface area contributed by atoms with Gasteiger partial charge in [-0.1, -0.05) is 18.2 Å². The van der Waals surface area contributed by atoms with Gasteiger partial charge < -0.3 is 15.0 Å². The van der Waals surface area contributed by atoms with Crippen LogP contribution in [0, 0.1) is 5.92 Å². The lowest BCUT2D eigenvalue weighted by atomic mass is 9.80. The summed E-state index contributed by atoms with van der Waals surface area (Å²) in [7, 11) is 1.32. The van der Waals surface area contributed by atoms with E-state index in [0.29, 0.717) is 13.1 Å². The molecule has 1 unspecified atom stereocenters. The van der Waals surface area contributed by atoms with E-state index in [0.717, 1.165) is 24.1 Å². The van der Waals surface area contributed by atoms with Gasteiger partial charge in [0, 0.05) is 25.2 Å². The molecule has 0 aliphatic carbocycles. The molecule has 2 amide bonds. The zero-order chi connectivity index (χ0) is 17.1. The van der Waals surface area contributed by atoms with Crippen LogP contribution in [-0.2, 0) is 19.1 Å². The number of nitrogens with one attached hydrogen (secondary N) is 1. The van der Waals surface area contributed by atoms with E-state index in [9.17, 15) is 14.4 Å². The molecule has 3 rings (SSSR count). The molecular weight excluding hydrogens is 308 g/mol. The fraction of sp³-hybridized carbons (Fsp3) is 0.500. The first-order valence-electron chi connectivity index (χ1n) is 8.34. The number of piperidine rings is 1. The lowest BCUT2D eigenvalue weighted by Gasteiger charge is -2.34. The number of benzene rings is 1. The number of hydrogen-bond donors (Lipinski definition) is 1. The van der Waals surface area contributed by atoms with Gasteiger partial charge in [0.2, 0.25) is 11.8 Å². The number of amides is 2. The summed E-state index contributed by atoms with van der Waals surface area (Å²) < 4.78 is 4.56. The van der Waals surface area contributed by atoms with Crippen molar-refractivity contribution in [2.24, 2.45) is 5.92 Å². The number of ether oxygens (including phenoxy) is 1. The summed E-state index contributed by atoms with van der Waals surface area (Å²) >= 11 is 0. The van der Waals surface area contributed by atoms with Crippen molar-refractivity contribution in [3.05, 3.63) is 29.8 Å². The molecule has 24 heavy (non-hydrogen) atoms. The Morgan fingerprint density at radius 1 is 1.21 bits per heavy atom. The second-order valence-electron chi connectivity index (χ2n) is 6.35. The SMILES string of the molecule is COC(=O)CCC(=O)N1CCC(C2C(=O)Nc3ccccc32)CC1. The molecule has 0 aromatic heterocycles. The molecule has 1 fully saturated rings. The monoisotopic (exact) mass is 330 g/mol. The third-order valence-corrected chi connectivity index (χ3v) is 4.97. The standard InChI is InChI=1S/C18H22N2O4/c1-24-16(22)7-6-15(21)20-10-8-12(9-11-20)17-13-4-2-3-5-14(13)19-18(17)23/h2-5,12,17H,6-11H2,1H3,(H,19,23). The molecule has 128 valence electrons. The Morgan fingerprint density at radius 2 is 1.92 bits per heavy atom. The molecule has 0 spiro atoms. The van der Waals surface area contributed by atoms with Crippen molar-refractivity contribution >= 4 is 23.5 Å². The summed E-state index contributed by atoms with van der Waals surface area (Å²) in [4.78, 5) is 37.4. The third-order valence-electron chi connectivity index (χ3n) is 4.97. The molecule has 6 heteroatoms. The molecule has 2 heterocycles. The molecule has 0 saturated carbocycles. The Bertz CT molecular complexity index is 650. The molecule has 6 nitrogen and oxygen atoms in total. The van der Waals surface area contributed by atoms with Crippen LogP contribution in [0.5, 0.6) is 0 Å². The minimum absolute atomic E-state index is 0.0184. The molecule has 0 radical (unpaired) electrons. The molecule has 0 bridgehead atoms. The van der Waals surface area contributed by atoms with Crippen LogP contribution in [-0.4, -0.2) is 42.9 Å². The predicted octanol–water partition coefficient (Wildman–Crippen LogP) is 1.91. The number of para-hydroxylation sites is 1. The van der Waals surface area contributed by atoms with Gasteiger partial charge >= 0.3 is 5.97 Å². The van der Waals surface area contributed by atoms with Gasteiger partial charge in [-0.2, -0.15) is 0 Å². The number of esters is 1. The number of anilines is 1. The summed E-state index contributed by atoms with van der Waals surface area (Å²) in [5.41, 5.74) is 1.97. The van der Waals surface area contributed by atoms with Crippen molar-refractivity contribution in [1.82, 2.24) is 4.90 Å². The lowest BCUT2D eigenvalue weighted by molar-refractivity contribution is -0.144. The maximum atomic E-state index is 12.3. The van der Waals surface area contributed by atoms with Crippen LogP contribution in [0.4, 0.5) is 5.69 Å². The summed E-state index contributed by atoms with van der Waals surface area (Å²) in [5.74, 6) is -0.189. The molecule has 1 aromatic carbocycles. The quantitative estimate of drug-likeness (QED) is 0.856. The van der Waals surface area contributed by atoms with Crippen LogP contribution < -0.4 is 5.32 Å². The zero-order valence-corrected chi connectivity index (χ0v) is 13.8. The average Bonchev–Trinajstić information content (AvgIpc) is 2.95. The van der Waals surface area contributed by atoms with Crippen LogP contribution in [0.15, 0.2) is 24.3 Å². The average molecular weight is 330 g/mol. The van der Waals surface area contributed by atoms with Crippen molar-refractivity contribution in [1.29, 1.82) is 0 Å². The molecule has 1 saturated heterocycles. The predicted molar refractivity (Wildman–Crippen MR) is 88.4 cm³/mol. The maximum absolute atomic E-state index is 12.3. The van der Waals surface area contributed by atoms with E-state index in [1.807, 2.05) is 24.3 Å². The highest BCUT2D eigenvalue weighted by Gasteiger charge is 2.38. The Hall–Kier alpha value is -2.37.